The van der Waals surface area contributed by atoms with Crippen LogP contribution in [0.25, 0.3) is 0 Å². The molecule has 116 valence electrons. The van der Waals surface area contributed by atoms with Crippen LogP contribution in [0.5, 0.6) is 0 Å². The van der Waals surface area contributed by atoms with Crippen LogP contribution in [0.2, 0.25) is 0 Å². The van der Waals surface area contributed by atoms with Crippen LogP contribution >= 0.6 is 0 Å². The van der Waals surface area contributed by atoms with E-state index in [1.165, 1.54) is 6.42 Å². The van der Waals surface area contributed by atoms with E-state index in [4.69, 9.17) is 5.73 Å². The second kappa shape index (κ2) is 7.38. The fourth-order valence-corrected chi connectivity index (χ4v) is 3.23. The fraction of sp³-hybridized carbons (Fsp3) is 0.933. The normalized spacial score (nSPS) is 24.5. The Hall–Kier alpha value is -0.650. The molecule has 0 spiro atoms. The third-order valence-electron chi connectivity index (χ3n) is 4.69. The molecular formula is C15H29N3O2. The van der Waals surface area contributed by atoms with E-state index in [9.17, 15) is 9.90 Å². The van der Waals surface area contributed by atoms with Gasteiger partial charge in [0.1, 0.15) is 0 Å². The molecule has 0 aromatic heterocycles. The molecule has 5 heteroatoms. The molecule has 1 heterocycles. The van der Waals surface area contributed by atoms with Crippen molar-refractivity contribution < 1.29 is 9.90 Å². The zero-order chi connectivity index (χ0) is 14.4. The van der Waals surface area contributed by atoms with Gasteiger partial charge in [0.05, 0.1) is 11.6 Å². The topological polar surface area (TPSA) is 78.6 Å². The first kappa shape index (κ1) is 15.7. The maximum absolute atomic E-state index is 12.1. The molecule has 4 N–H and O–H groups in total. The van der Waals surface area contributed by atoms with Gasteiger partial charge in [-0.2, -0.15) is 0 Å². The molecular weight excluding hydrogens is 254 g/mol. The predicted molar refractivity (Wildman–Crippen MR) is 79.3 cm³/mol. The van der Waals surface area contributed by atoms with Gasteiger partial charge < -0.3 is 21.1 Å². The third-order valence-corrected chi connectivity index (χ3v) is 4.69. The van der Waals surface area contributed by atoms with Crippen molar-refractivity contribution in [2.75, 3.05) is 26.2 Å². The number of aliphatic hydroxyl groups is 1. The summed E-state index contributed by atoms with van der Waals surface area (Å²) in [6, 6.07) is 0. The van der Waals surface area contributed by atoms with Crippen molar-refractivity contribution in [2.24, 2.45) is 5.73 Å². The van der Waals surface area contributed by atoms with Gasteiger partial charge in [0, 0.05) is 19.6 Å². The van der Waals surface area contributed by atoms with Gasteiger partial charge in [0.15, 0.2) is 0 Å². The highest BCUT2D eigenvalue weighted by molar-refractivity contribution is 5.86. The van der Waals surface area contributed by atoms with E-state index in [-0.39, 0.29) is 12.0 Å². The molecule has 1 amide bonds. The molecule has 1 saturated heterocycles. The first-order valence-electron chi connectivity index (χ1n) is 8.08. The Morgan fingerprint density at radius 1 is 1.25 bits per heavy atom. The average molecular weight is 283 g/mol. The summed E-state index contributed by atoms with van der Waals surface area (Å²) in [5, 5.41) is 12.4. The lowest BCUT2D eigenvalue weighted by atomic mass is 9.82. The highest BCUT2D eigenvalue weighted by Crippen LogP contribution is 2.25. The first-order chi connectivity index (χ1) is 9.60. The summed E-state index contributed by atoms with van der Waals surface area (Å²) < 4.78 is 0. The lowest BCUT2D eigenvalue weighted by Crippen LogP contribution is -2.55. The Morgan fingerprint density at radius 3 is 2.55 bits per heavy atom. The Morgan fingerprint density at radius 2 is 1.90 bits per heavy atom. The second-order valence-corrected chi connectivity index (χ2v) is 6.40. The van der Waals surface area contributed by atoms with Gasteiger partial charge in [-0.25, -0.2) is 0 Å². The number of aliphatic hydroxyl groups excluding tert-OH is 1. The van der Waals surface area contributed by atoms with Crippen molar-refractivity contribution in [3.8, 4) is 0 Å². The van der Waals surface area contributed by atoms with Gasteiger partial charge in [0.2, 0.25) is 5.91 Å². The smallest absolute Gasteiger partial charge is 0.240 e. The predicted octanol–water partition coefficient (Wildman–Crippen LogP) is 0.611. The zero-order valence-electron chi connectivity index (χ0n) is 12.4. The minimum Gasteiger partial charge on any atom is -0.393 e. The summed E-state index contributed by atoms with van der Waals surface area (Å²) in [5.74, 6) is 0.0336. The summed E-state index contributed by atoms with van der Waals surface area (Å²) in [6.07, 6.45) is 7.57. The Kier molecular flexibility index (Phi) is 5.81. The van der Waals surface area contributed by atoms with E-state index in [2.05, 4.69) is 10.2 Å². The number of piperidine rings is 1. The number of likely N-dealkylation sites (tertiary alicyclic amines) is 1. The van der Waals surface area contributed by atoms with Gasteiger partial charge in [-0.3, -0.25) is 4.79 Å². The Bertz CT molecular complexity index is 308. The molecule has 0 aromatic rings. The summed E-state index contributed by atoms with van der Waals surface area (Å²) in [5.41, 5.74) is 5.58. The first-order valence-corrected chi connectivity index (χ1v) is 8.08. The number of nitrogens with one attached hydrogen (secondary N) is 1. The van der Waals surface area contributed by atoms with Gasteiger partial charge in [-0.15, -0.1) is 0 Å². The van der Waals surface area contributed by atoms with Crippen molar-refractivity contribution in [3.63, 3.8) is 0 Å². The van der Waals surface area contributed by atoms with Crippen molar-refractivity contribution in [1.82, 2.24) is 10.2 Å². The number of carbonyl (C=O) groups excluding carboxylic acids is 1. The zero-order valence-corrected chi connectivity index (χ0v) is 12.4. The largest absolute Gasteiger partial charge is 0.393 e. The Labute approximate surface area is 121 Å². The maximum Gasteiger partial charge on any atom is 0.240 e. The molecule has 2 rings (SSSR count). The van der Waals surface area contributed by atoms with E-state index in [1.807, 2.05) is 0 Å². The molecule has 0 unspecified atom stereocenters. The number of amides is 1. The highest BCUT2D eigenvalue weighted by atomic mass is 16.3. The molecule has 20 heavy (non-hydrogen) atoms. The second-order valence-electron chi connectivity index (χ2n) is 6.40. The van der Waals surface area contributed by atoms with Crippen LogP contribution in [-0.4, -0.2) is 53.7 Å². The van der Waals surface area contributed by atoms with Crippen molar-refractivity contribution in [3.05, 3.63) is 0 Å². The molecule has 0 atom stereocenters. The summed E-state index contributed by atoms with van der Waals surface area (Å²) >= 11 is 0. The van der Waals surface area contributed by atoms with Gasteiger partial charge in [-0.05, 0) is 38.6 Å². The molecule has 1 aliphatic carbocycles. The van der Waals surface area contributed by atoms with Crippen LogP contribution in [0.4, 0.5) is 0 Å². The molecule has 0 aromatic carbocycles. The summed E-state index contributed by atoms with van der Waals surface area (Å²) in [4.78, 5) is 14.5. The minimum atomic E-state index is -0.618. The van der Waals surface area contributed by atoms with Crippen LogP contribution in [0.3, 0.4) is 0 Å². The molecule has 0 bridgehead atoms. The van der Waals surface area contributed by atoms with Crippen LogP contribution < -0.4 is 11.1 Å². The minimum absolute atomic E-state index is 0.0336. The SMILES string of the molecule is NC1(C(=O)NCCCN2CCC(O)CC2)CCCCC1. The monoisotopic (exact) mass is 283 g/mol. The molecule has 5 nitrogen and oxygen atoms in total. The van der Waals surface area contributed by atoms with E-state index in [0.29, 0.717) is 6.54 Å². The number of nitrogens with two attached hydrogens (primary N) is 1. The average Bonchev–Trinajstić information content (AvgIpc) is 2.46. The molecule has 2 fully saturated rings. The van der Waals surface area contributed by atoms with Gasteiger partial charge >= 0.3 is 0 Å². The lowest BCUT2D eigenvalue weighted by Gasteiger charge is -2.32. The van der Waals surface area contributed by atoms with Crippen molar-refractivity contribution >= 4 is 5.91 Å². The standard InChI is InChI=1S/C15H29N3O2/c16-15(7-2-1-3-8-15)14(20)17-9-4-10-18-11-5-13(19)6-12-18/h13,19H,1-12,16H2,(H,17,20). The maximum atomic E-state index is 12.1. The Balaban J connectivity index is 1.59. The number of hydrogen-bond donors (Lipinski definition) is 3. The summed E-state index contributed by atoms with van der Waals surface area (Å²) in [7, 11) is 0. The number of carbonyl (C=O) groups is 1. The quantitative estimate of drug-likeness (QED) is 0.646. The van der Waals surface area contributed by atoms with Crippen LogP contribution in [-0.2, 0) is 4.79 Å². The van der Waals surface area contributed by atoms with E-state index in [0.717, 1.165) is 64.6 Å². The number of rotatable bonds is 5. The molecule has 2 aliphatic rings. The number of nitrogens with zero attached hydrogens (tertiary/aromatic N) is 1. The lowest BCUT2D eigenvalue weighted by molar-refractivity contribution is -0.127. The molecule has 1 aliphatic heterocycles. The van der Waals surface area contributed by atoms with Crippen LogP contribution in [0, 0.1) is 0 Å². The van der Waals surface area contributed by atoms with Crippen LogP contribution in [0.1, 0.15) is 51.4 Å². The van der Waals surface area contributed by atoms with Crippen molar-refractivity contribution in [2.45, 2.75) is 63.0 Å². The van der Waals surface area contributed by atoms with E-state index < -0.39 is 5.54 Å². The van der Waals surface area contributed by atoms with Gasteiger partial charge in [0.25, 0.3) is 0 Å². The third kappa shape index (κ3) is 4.43. The van der Waals surface area contributed by atoms with Gasteiger partial charge in [-0.1, -0.05) is 19.3 Å². The summed E-state index contributed by atoms with van der Waals surface area (Å²) in [6.45, 7) is 3.63. The van der Waals surface area contributed by atoms with E-state index in [1.54, 1.807) is 0 Å². The fourth-order valence-electron chi connectivity index (χ4n) is 3.23. The molecule has 0 radical (unpaired) electrons. The van der Waals surface area contributed by atoms with Crippen molar-refractivity contribution in [1.29, 1.82) is 0 Å². The highest BCUT2D eigenvalue weighted by Gasteiger charge is 2.34. The van der Waals surface area contributed by atoms with Crippen LogP contribution in [0.15, 0.2) is 0 Å². The van der Waals surface area contributed by atoms with E-state index >= 15 is 0 Å². The number of hydrogen-bond acceptors (Lipinski definition) is 4. The molecule has 1 saturated carbocycles.